The maximum atomic E-state index is 14.0. The molecule has 0 fully saturated rings. The Hall–Kier alpha value is -3.32. The van der Waals surface area contributed by atoms with Crippen molar-refractivity contribution < 1.29 is 9.18 Å². The van der Waals surface area contributed by atoms with Crippen LogP contribution in [0.4, 0.5) is 10.1 Å². The van der Waals surface area contributed by atoms with Gasteiger partial charge in [0.25, 0.3) is 0 Å². The maximum Gasteiger partial charge on any atom is 0.246 e. The highest BCUT2D eigenvalue weighted by molar-refractivity contribution is 7.13. The highest BCUT2D eigenvalue weighted by Gasteiger charge is 2.14. The van der Waals surface area contributed by atoms with Crippen molar-refractivity contribution in [3.05, 3.63) is 78.2 Å². The second kappa shape index (κ2) is 7.51. The SMILES string of the molecule is O=C(Cn1cccn1)Nc1ccccc1-c1csc(-c2ccccc2F)n1. The third kappa shape index (κ3) is 3.78. The van der Waals surface area contributed by atoms with E-state index in [1.165, 1.54) is 17.4 Å². The van der Waals surface area contributed by atoms with Gasteiger partial charge < -0.3 is 5.32 Å². The first-order chi connectivity index (χ1) is 13.2. The van der Waals surface area contributed by atoms with Crippen molar-refractivity contribution in [3.63, 3.8) is 0 Å². The number of anilines is 1. The van der Waals surface area contributed by atoms with E-state index in [0.717, 1.165) is 5.56 Å². The van der Waals surface area contributed by atoms with Crippen molar-refractivity contribution in [2.45, 2.75) is 6.54 Å². The molecule has 0 saturated carbocycles. The van der Waals surface area contributed by atoms with Gasteiger partial charge in [-0.05, 0) is 24.3 Å². The number of benzene rings is 2. The summed E-state index contributed by atoms with van der Waals surface area (Å²) in [5.74, 6) is -0.491. The number of nitrogens with zero attached hydrogens (tertiary/aromatic N) is 3. The minimum atomic E-state index is -0.306. The molecule has 0 aliphatic carbocycles. The number of thiazole rings is 1. The van der Waals surface area contributed by atoms with E-state index in [0.29, 0.717) is 22.0 Å². The van der Waals surface area contributed by atoms with Gasteiger partial charge in [-0.1, -0.05) is 30.3 Å². The third-order valence-corrected chi connectivity index (χ3v) is 4.83. The van der Waals surface area contributed by atoms with Crippen LogP contribution in [0.1, 0.15) is 0 Å². The van der Waals surface area contributed by atoms with E-state index in [9.17, 15) is 9.18 Å². The molecule has 5 nitrogen and oxygen atoms in total. The van der Waals surface area contributed by atoms with Crippen molar-refractivity contribution >= 4 is 22.9 Å². The van der Waals surface area contributed by atoms with Gasteiger partial charge in [0.15, 0.2) is 0 Å². The quantitative estimate of drug-likeness (QED) is 0.558. The lowest BCUT2D eigenvalue weighted by Gasteiger charge is -2.09. The van der Waals surface area contributed by atoms with Gasteiger partial charge in [0.2, 0.25) is 5.91 Å². The van der Waals surface area contributed by atoms with Crippen LogP contribution in [0.5, 0.6) is 0 Å². The van der Waals surface area contributed by atoms with Crippen LogP contribution >= 0.6 is 11.3 Å². The fourth-order valence-electron chi connectivity index (χ4n) is 2.70. The van der Waals surface area contributed by atoms with Crippen LogP contribution in [0.15, 0.2) is 72.4 Å². The average Bonchev–Trinajstić information content (AvgIpc) is 3.34. The molecule has 0 saturated heterocycles. The summed E-state index contributed by atoms with van der Waals surface area (Å²) in [6.07, 6.45) is 3.35. The van der Waals surface area contributed by atoms with E-state index in [4.69, 9.17) is 0 Å². The first-order valence-electron chi connectivity index (χ1n) is 8.28. The van der Waals surface area contributed by atoms with Gasteiger partial charge in [-0.15, -0.1) is 11.3 Å². The minimum absolute atomic E-state index is 0.124. The molecule has 7 heteroatoms. The first-order valence-corrected chi connectivity index (χ1v) is 9.16. The number of amides is 1. The molecule has 1 amide bonds. The second-order valence-electron chi connectivity index (χ2n) is 5.82. The molecule has 0 aliphatic heterocycles. The predicted octanol–water partition coefficient (Wildman–Crippen LogP) is 4.45. The molecule has 0 aliphatic rings. The molecule has 2 aromatic carbocycles. The molecule has 27 heavy (non-hydrogen) atoms. The molecule has 0 bridgehead atoms. The number of hydrogen-bond donors (Lipinski definition) is 1. The highest BCUT2D eigenvalue weighted by Crippen LogP contribution is 2.33. The summed E-state index contributed by atoms with van der Waals surface area (Å²) in [6, 6.07) is 15.7. The fraction of sp³-hybridized carbons (Fsp3) is 0.0500. The maximum absolute atomic E-state index is 14.0. The normalized spacial score (nSPS) is 10.7. The van der Waals surface area contributed by atoms with Gasteiger partial charge in [0.1, 0.15) is 17.4 Å². The zero-order valence-corrected chi connectivity index (χ0v) is 15.0. The number of carbonyl (C=O) groups is 1. The molecule has 2 heterocycles. The summed E-state index contributed by atoms with van der Waals surface area (Å²) in [5.41, 5.74) is 2.59. The standard InChI is InChI=1S/C20H15FN4OS/c21-16-8-3-1-6-14(16)20-24-18(13-27-20)15-7-2-4-9-17(15)23-19(26)12-25-11-5-10-22-25/h1-11,13H,12H2,(H,23,26). The van der Waals surface area contributed by atoms with Crippen molar-refractivity contribution in [1.29, 1.82) is 0 Å². The lowest BCUT2D eigenvalue weighted by Crippen LogP contribution is -2.19. The Bertz CT molecular complexity index is 1080. The Kier molecular flexibility index (Phi) is 4.76. The third-order valence-electron chi connectivity index (χ3n) is 3.95. The summed E-state index contributed by atoms with van der Waals surface area (Å²) in [7, 11) is 0. The van der Waals surface area contributed by atoms with Crippen molar-refractivity contribution in [3.8, 4) is 21.8 Å². The number of hydrogen-bond acceptors (Lipinski definition) is 4. The van der Waals surface area contributed by atoms with Gasteiger partial charge in [-0.25, -0.2) is 9.37 Å². The summed E-state index contributed by atoms with van der Waals surface area (Å²) < 4.78 is 15.6. The van der Waals surface area contributed by atoms with Crippen molar-refractivity contribution in [2.75, 3.05) is 5.32 Å². The molecule has 4 rings (SSSR count). The Morgan fingerprint density at radius 1 is 1.07 bits per heavy atom. The van der Waals surface area contributed by atoms with Crippen molar-refractivity contribution in [1.82, 2.24) is 14.8 Å². The number of para-hydroxylation sites is 1. The van der Waals surface area contributed by atoms with E-state index in [1.807, 2.05) is 29.6 Å². The van der Waals surface area contributed by atoms with Gasteiger partial charge in [-0.3, -0.25) is 9.48 Å². The Morgan fingerprint density at radius 2 is 1.85 bits per heavy atom. The van der Waals surface area contributed by atoms with E-state index in [-0.39, 0.29) is 18.3 Å². The van der Waals surface area contributed by atoms with Crippen LogP contribution in [0.2, 0.25) is 0 Å². The fourth-order valence-corrected chi connectivity index (χ4v) is 3.55. The molecule has 1 N–H and O–H groups in total. The van der Waals surface area contributed by atoms with Crippen LogP contribution < -0.4 is 5.32 Å². The topological polar surface area (TPSA) is 59.8 Å². The molecule has 2 aromatic heterocycles. The van der Waals surface area contributed by atoms with Crippen molar-refractivity contribution in [2.24, 2.45) is 0 Å². The zero-order chi connectivity index (χ0) is 18.6. The van der Waals surface area contributed by atoms with Crippen LogP contribution in [-0.4, -0.2) is 20.7 Å². The Balaban J connectivity index is 1.60. The van der Waals surface area contributed by atoms with Gasteiger partial charge in [-0.2, -0.15) is 5.10 Å². The van der Waals surface area contributed by atoms with E-state index in [2.05, 4.69) is 15.4 Å². The molecule has 134 valence electrons. The van der Waals surface area contributed by atoms with Crippen LogP contribution in [0.3, 0.4) is 0 Å². The molecule has 4 aromatic rings. The number of rotatable bonds is 5. The number of nitrogens with one attached hydrogen (secondary N) is 1. The predicted molar refractivity (Wildman–Crippen MR) is 104 cm³/mol. The average molecular weight is 378 g/mol. The molecular formula is C20H15FN4OS. The molecule has 0 spiro atoms. The van der Waals surface area contributed by atoms with Crippen LogP contribution in [0, 0.1) is 5.82 Å². The highest BCUT2D eigenvalue weighted by atomic mass is 32.1. The summed E-state index contributed by atoms with van der Waals surface area (Å²) in [6.45, 7) is 0.124. The van der Waals surface area contributed by atoms with Crippen LogP contribution in [-0.2, 0) is 11.3 Å². The minimum Gasteiger partial charge on any atom is -0.324 e. The van der Waals surface area contributed by atoms with Gasteiger partial charge in [0, 0.05) is 28.9 Å². The Labute approximate surface area is 159 Å². The number of carbonyl (C=O) groups excluding carboxylic acids is 1. The van der Waals surface area contributed by atoms with Crippen LogP contribution in [0.25, 0.3) is 21.8 Å². The number of halogens is 1. The monoisotopic (exact) mass is 378 g/mol. The lowest BCUT2D eigenvalue weighted by molar-refractivity contribution is -0.116. The molecule has 0 unspecified atom stereocenters. The van der Waals surface area contributed by atoms with Gasteiger partial charge in [0.05, 0.1) is 11.4 Å². The smallest absolute Gasteiger partial charge is 0.246 e. The summed E-state index contributed by atoms with van der Waals surface area (Å²) in [4.78, 5) is 16.9. The van der Waals surface area contributed by atoms with E-state index in [1.54, 1.807) is 41.3 Å². The van der Waals surface area contributed by atoms with E-state index >= 15 is 0 Å². The summed E-state index contributed by atoms with van der Waals surface area (Å²) >= 11 is 1.37. The Morgan fingerprint density at radius 3 is 2.63 bits per heavy atom. The van der Waals surface area contributed by atoms with E-state index < -0.39 is 0 Å². The second-order valence-corrected chi connectivity index (χ2v) is 6.67. The van der Waals surface area contributed by atoms with Gasteiger partial charge >= 0.3 is 0 Å². The number of aromatic nitrogens is 3. The molecular weight excluding hydrogens is 363 g/mol. The lowest BCUT2D eigenvalue weighted by atomic mass is 10.1. The molecule has 0 atom stereocenters. The zero-order valence-electron chi connectivity index (χ0n) is 14.2. The summed E-state index contributed by atoms with van der Waals surface area (Å²) in [5, 5.41) is 9.39. The molecule has 0 radical (unpaired) electrons. The first kappa shape index (κ1) is 17.1. The largest absolute Gasteiger partial charge is 0.324 e.